The van der Waals surface area contributed by atoms with Crippen molar-refractivity contribution in [2.24, 2.45) is 10.7 Å². The van der Waals surface area contributed by atoms with Crippen molar-refractivity contribution in [3.8, 4) is 0 Å². The van der Waals surface area contributed by atoms with E-state index < -0.39 is 11.4 Å². The van der Waals surface area contributed by atoms with Crippen LogP contribution in [0.1, 0.15) is 18.4 Å². The lowest BCUT2D eigenvalue weighted by Crippen LogP contribution is -2.22. The number of carbonyl (C=O) groups is 1. The summed E-state index contributed by atoms with van der Waals surface area (Å²) in [5.41, 5.74) is 6.76. The van der Waals surface area contributed by atoms with Crippen molar-refractivity contribution in [2.45, 2.75) is 18.3 Å². The predicted molar refractivity (Wildman–Crippen MR) is 90.9 cm³/mol. The maximum Gasteiger partial charge on any atom is 0.258 e. The second-order valence-corrected chi connectivity index (χ2v) is 5.63. The smallest absolute Gasteiger partial charge is 0.258 e. The second-order valence-electron chi connectivity index (χ2n) is 5.63. The number of aromatic nitrogens is 1. The molecule has 3 N–H and O–H groups in total. The highest BCUT2D eigenvalue weighted by atomic mass is 19.1. The third-order valence-electron chi connectivity index (χ3n) is 3.95. The largest absolute Gasteiger partial charge is 0.384 e. The minimum absolute atomic E-state index is 0.101. The summed E-state index contributed by atoms with van der Waals surface area (Å²) in [6.07, 6.45) is 5.89. The first-order valence-corrected chi connectivity index (χ1v) is 7.59. The van der Waals surface area contributed by atoms with Gasteiger partial charge in [0.2, 0.25) is 5.95 Å². The SMILES string of the molecule is NC(/C=C\Nc1ccnc(F)c1)=NC(=O)C1(c2ccccc2)CC1. The van der Waals surface area contributed by atoms with Crippen LogP contribution in [0.25, 0.3) is 0 Å². The normalized spacial score (nSPS) is 16.1. The van der Waals surface area contributed by atoms with Gasteiger partial charge >= 0.3 is 0 Å². The van der Waals surface area contributed by atoms with Gasteiger partial charge in [-0.15, -0.1) is 0 Å². The number of hydrogen-bond acceptors (Lipinski definition) is 3. The zero-order chi connectivity index (χ0) is 17.0. The van der Waals surface area contributed by atoms with Gasteiger partial charge in [-0.1, -0.05) is 30.3 Å². The van der Waals surface area contributed by atoms with Crippen molar-refractivity contribution in [3.05, 3.63) is 72.4 Å². The standard InChI is InChI=1S/C18H17FN4O/c19-15-12-14(6-10-22-15)21-11-7-16(20)23-17(24)18(8-9-18)13-4-2-1-3-5-13/h1-7,10-12H,8-9H2,(H,21,22)(H2,20,23,24)/b11-7-. The Kier molecular flexibility index (Phi) is 4.37. The van der Waals surface area contributed by atoms with Crippen LogP contribution in [0.3, 0.4) is 0 Å². The molecule has 122 valence electrons. The Hall–Kier alpha value is -3.02. The molecule has 0 unspecified atom stereocenters. The Morgan fingerprint density at radius 2 is 2.04 bits per heavy atom. The minimum Gasteiger partial charge on any atom is -0.384 e. The number of benzene rings is 1. The fourth-order valence-corrected chi connectivity index (χ4v) is 2.49. The van der Waals surface area contributed by atoms with E-state index in [4.69, 9.17) is 5.73 Å². The van der Waals surface area contributed by atoms with Crippen molar-refractivity contribution in [1.29, 1.82) is 0 Å². The third kappa shape index (κ3) is 3.48. The molecule has 0 spiro atoms. The average molecular weight is 324 g/mol. The minimum atomic E-state index is -0.580. The van der Waals surface area contributed by atoms with Gasteiger partial charge in [-0.2, -0.15) is 9.38 Å². The molecule has 1 amide bonds. The summed E-state index contributed by atoms with van der Waals surface area (Å²) in [6.45, 7) is 0. The molecule has 1 aromatic heterocycles. The number of anilines is 1. The van der Waals surface area contributed by atoms with E-state index in [9.17, 15) is 9.18 Å². The van der Waals surface area contributed by atoms with E-state index in [0.29, 0.717) is 5.69 Å². The van der Waals surface area contributed by atoms with E-state index in [1.54, 1.807) is 6.07 Å². The monoisotopic (exact) mass is 324 g/mol. The first-order chi connectivity index (χ1) is 11.6. The summed E-state index contributed by atoms with van der Waals surface area (Å²) in [4.78, 5) is 19.9. The Labute approximate surface area is 139 Å². The Bertz CT molecular complexity index is 798. The van der Waals surface area contributed by atoms with E-state index in [-0.39, 0.29) is 11.7 Å². The van der Waals surface area contributed by atoms with Crippen LogP contribution in [0.15, 0.2) is 65.9 Å². The van der Waals surface area contributed by atoms with Crippen LogP contribution in [0.5, 0.6) is 0 Å². The van der Waals surface area contributed by atoms with Gasteiger partial charge in [0, 0.05) is 24.2 Å². The molecule has 5 nitrogen and oxygen atoms in total. The lowest BCUT2D eigenvalue weighted by atomic mass is 9.95. The van der Waals surface area contributed by atoms with Crippen LogP contribution in [-0.2, 0) is 10.2 Å². The molecule has 0 radical (unpaired) electrons. The highest BCUT2D eigenvalue weighted by molar-refractivity contribution is 6.04. The molecule has 0 aliphatic heterocycles. The van der Waals surface area contributed by atoms with Crippen LogP contribution in [0, 0.1) is 5.95 Å². The van der Waals surface area contributed by atoms with Gasteiger partial charge in [0.05, 0.1) is 5.41 Å². The molecule has 1 fully saturated rings. The molecule has 1 saturated carbocycles. The Morgan fingerprint density at radius 1 is 1.29 bits per heavy atom. The number of aliphatic imine (C=N–C) groups is 1. The van der Waals surface area contributed by atoms with Crippen LogP contribution in [0.2, 0.25) is 0 Å². The fourth-order valence-electron chi connectivity index (χ4n) is 2.49. The molecule has 0 bridgehead atoms. The van der Waals surface area contributed by atoms with Crippen molar-refractivity contribution < 1.29 is 9.18 Å². The summed E-state index contributed by atoms with van der Waals surface area (Å²) in [6, 6.07) is 12.5. The van der Waals surface area contributed by atoms with Crippen LogP contribution >= 0.6 is 0 Å². The number of pyridine rings is 1. The van der Waals surface area contributed by atoms with Gasteiger partial charge in [-0.05, 0) is 30.5 Å². The molecule has 1 aliphatic carbocycles. The number of hydrogen-bond donors (Lipinski definition) is 2. The molecule has 6 heteroatoms. The van der Waals surface area contributed by atoms with Gasteiger partial charge in [0.25, 0.3) is 5.91 Å². The zero-order valence-corrected chi connectivity index (χ0v) is 12.9. The van der Waals surface area contributed by atoms with E-state index in [1.807, 2.05) is 30.3 Å². The average Bonchev–Trinajstić information content (AvgIpc) is 3.38. The van der Waals surface area contributed by atoms with Crippen LogP contribution < -0.4 is 11.1 Å². The van der Waals surface area contributed by atoms with Gasteiger partial charge in [-0.25, -0.2) is 4.98 Å². The third-order valence-corrected chi connectivity index (χ3v) is 3.95. The molecule has 0 saturated heterocycles. The first kappa shape index (κ1) is 15.9. The summed E-state index contributed by atoms with van der Waals surface area (Å²) >= 11 is 0. The first-order valence-electron chi connectivity index (χ1n) is 7.59. The predicted octanol–water partition coefficient (Wildman–Crippen LogP) is 2.76. The van der Waals surface area contributed by atoms with E-state index in [0.717, 1.165) is 18.4 Å². The molecule has 1 aliphatic rings. The second kappa shape index (κ2) is 6.62. The molecular formula is C18H17FN4O. The number of nitrogens with one attached hydrogen (secondary N) is 1. The van der Waals surface area contributed by atoms with E-state index in [2.05, 4.69) is 15.3 Å². The zero-order valence-electron chi connectivity index (χ0n) is 12.9. The van der Waals surface area contributed by atoms with E-state index in [1.165, 1.54) is 24.5 Å². The fraction of sp³-hybridized carbons (Fsp3) is 0.167. The maximum absolute atomic E-state index is 13.0. The number of rotatable bonds is 5. The van der Waals surface area contributed by atoms with Gasteiger partial charge in [-0.3, -0.25) is 4.79 Å². The Morgan fingerprint density at radius 3 is 2.71 bits per heavy atom. The lowest BCUT2D eigenvalue weighted by Gasteiger charge is -2.11. The number of amides is 1. The number of halogens is 1. The molecule has 3 rings (SSSR count). The molecule has 24 heavy (non-hydrogen) atoms. The quantitative estimate of drug-likeness (QED) is 0.503. The number of nitrogens with zero attached hydrogens (tertiary/aromatic N) is 2. The van der Waals surface area contributed by atoms with Gasteiger partial charge in [0.15, 0.2) is 0 Å². The highest BCUT2D eigenvalue weighted by Crippen LogP contribution is 2.49. The van der Waals surface area contributed by atoms with E-state index >= 15 is 0 Å². The van der Waals surface area contributed by atoms with Gasteiger partial charge in [0.1, 0.15) is 5.84 Å². The summed E-state index contributed by atoms with van der Waals surface area (Å²) in [5, 5.41) is 2.84. The molecule has 1 heterocycles. The van der Waals surface area contributed by atoms with Crippen molar-refractivity contribution in [2.75, 3.05) is 5.32 Å². The number of amidine groups is 1. The summed E-state index contributed by atoms with van der Waals surface area (Å²) in [7, 11) is 0. The molecule has 0 atom stereocenters. The number of carbonyl (C=O) groups excluding carboxylic acids is 1. The molecular weight excluding hydrogens is 307 g/mol. The molecule has 1 aromatic carbocycles. The summed E-state index contributed by atoms with van der Waals surface area (Å²) < 4.78 is 13.0. The summed E-state index contributed by atoms with van der Waals surface area (Å²) in [5.74, 6) is -0.709. The van der Waals surface area contributed by atoms with Crippen molar-refractivity contribution in [1.82, 2.24) is 4.98 Å². The highest BCUT2D eigenvalue weighted by Gasteiger charge is 2.51. The van der Waals surface area contributed by atoms with Crippen LogP contribution in [0.4, 0.5) is 10.1 Å². The van der Waals surface area contributed by atoms with Crippen molar-refractivity contribution >= 4 is 17.4 Å². The lowest BCUT2D eigenvalue weighted by molar-refractivity contribution is -0.120. The van der Waals surface area contributed by atoms with Gasteiger partial charge < -0.3 is 11.1 Å². The Balaban J connectivity index is 1.65. The van der Waals surface area contributed by atoms with Crippen LogP contribution in [-0.4, -0.2) is 16.7 Å². The molecule has 2 aromatic rings. The number of nitrogens with two attached hydrogens (primary N) is 1. The topological polar surface area (TPSA) is 80.4 Å². The maximum atomic E-state index is 13.0. The van der Waals surface area contributed by atoms with Crippen molar-refractivity contribution in [3.63, 3.8) is 0 Å².